The molecule has 0 aliphatic carbocycles. The molecule has 6 nitrogen and oxygen atoms in total. The van der Waals surface area contributed by atoms with Crippen molar-refractivity contribution < 1.29 is 0 Å². The Labute approximate surface area is 178 Å². The molecular formula is C23H21N5OS. The van der Waals surface area contributed by atoms with Gasteiger partial charge in [-0.05, 0) is 24.6 Å². The molecule has 0 atom stereocenters. The number of benzene rings is 1. The van der Waals surface area contributed by atoms with E-state index in [0.717, 1.165) is 41.3 Å². The Morgan fingerprint density at radius 1 is 1.17 bits per heavy atom. The van der Waals surface area contributed by atoms with E-state index >= 15 is 0 Å². The van der Waals surface area contributed by atoms with Gasteiger partial charge in [0.15, 0.2) is 0 Å². The first-order valence-corrected chi connectivity index (χ1v) is 10.7. The summed E-state index contributed by atoms with van der Waals surface area (Å²) in [6.45, 7) is 4.37. The molecule has 7 heteroatoms. The number of H-pyrrole nitrogens is 1. The van der Waals surface area contributed by atoms with Crippen molar-refractivity contribution in [2.45, 2.75) is 26.4 Å². The third-order valence-electron chi connectivity index (χ3n) is 5.41. The number of aryl methyl sites for hydroxylation is 1. The summed E-state index contributed by atoms with van der Waals surface area (Å²) in [5.74, 6) is 0.611. The number of fused-ring (bicyclic) bond motifs is 1. The van der Waals surface area contributed by atoms with E-state index in [0.29, 0.717) is 12.4 Å². The SMILES string of the molecule is Cc1ccccc1-c1ncc(CN2CCc3nc(-c4ccncc4)[nH]c(=O)c3C2)s1. The topological polar surface area (TPSA) is 74.8 Å². The standard InChI is InChI=1S/C23H21N5OS/c1-15-4-2-3-5-18(15)23-25-12-17(30-23)13-28-11-8-20-19(14-28)22(29)27-21(26-20)16-6-9-24-10-7-16/h2-7,9-10,12H,8,11,13-14H2,1H3,(H,26,27,29). The molecule has 0 radical (unpaired) electrons. The van der Waals surface area contributed by atoms with Crippen LogP contribution in [-0.4, -0.2) is 31.4 Å². The number of pyridine rings is 1. The van der Waals surface area contributed by atoms with Crippen LogP contribution in [0.2, 0.25) is 0 Å². The van der Waals surface area contributed by atoms with Gasteiger partial charge in [0.2, 0.25) is 0 Å². The Hall–Kier alpha value is -3.16. The third-order valence-corrected chi connectivity index (χ3v) is 6.43. The zero-order chi connectivity index (χ0) is 20.5. The van der Waals surface area contributed by atoms with Crippen LogP contribution in [0.5, 0.6) is 0 Å². The largest absolute Gasteiger partial charge is 0.306 e. The highest BCUT2D eigenvalue weighted by atomic mass is 32.1. The zero-order valence-electron chi connectivity index (χ0n) is 16.6. The molecule has 0 amide bonds. The summed E-state index contributed by atoms with van der Waals surface area (Å²) in [5.41, 5.74) is 4.89. The van der Waals surface area contributed by atoms with Crippen LogP contribution in [0.15, 0.2) is 59.8 Å². The molecular weight excluding hydrogens is 394 g/mol. The number of hydrogen-bond acceptors (Lipinski definition) is 6. The minimum Gasteiger partial charge on any atom is -0.306 e. The van der Waals surface area contributed by atoms with E-state index in [4.69, 9.17) is 4.98 Å². The Morgan fingerprint density at radius 2 is 2.00 bits per heavy atom. The zero-order valence-corrected chi connectivity index (χ0v) is 17.4. The maximum atomic E-state index is 12.7. The lowest BCUT2D eigenvalue weighted by Gasteiger charge is -2.27. The lowest BCUT2D eigenvalue weighted by atomic mass is 10.1. The van der Waals surface area contributed by atoms with Gasteiger partial charge in [-0.15, -0.1) is 11.3 Å². The highest BCUT2D eigenvalue weighted by Gasteiger charge is 2.22. The fourth-order valence-electron chi connectivity index (χ4n) is 3.80. The number of aromatic nitrogens is 4. The highest BCUT2D eigenvalue weighted by molar-refractivity contribution is 7.15. The molecule has 150 valence electrons. The van der Waals surface area contributed by atoms with Gasteiger partial charge < -0.3 is 4.98 Å². The molecule has 3 aromatic heterocycles. The fraction of sp³-hybridized carbons (Fsp3) is 0.217. The normalized spacial score (nSPS) is 13.9. The number of rotatable bonds is 4. The van der Waals surface area contributed by atoms with Crippen LogP contribution in [0.25, 0.3) is 22.0 Å². The van der Waals surface area contributed by atoms with Gasteiger partial charge in [0.25, 0.3) is 5.56 Å². The van der Waals surface area contributed by atoms with Gasteiger partial charge in [0.1, 0.15) is 10.8 Å². The molecule has 0 fully saturated rings. The van der Waals surface area contributed by atoms with Crippen molar-refractivity contribution in [2.24, 2.45) is 0 Å². The summed E-state index contributed by atoms with van der Waals surface area (Å²) in [4.78, 5) is 32.5. The van der Waals surface area contributed by atoms with E-state index in [9.17, 15) is 4.79 Å². The van der Waals surface area contributed by atoms with E-state index < -0.39 is 0 Å². The third kappa shape index (κ3) is 3.69. The van der Waals surface area contributed by atoms with Gasteiger partial charge in [-0.25, -0.2) is 9.97 Å². The van der Waals surface area contributed by atoms with Crippen molar-refractivity contribution >= 4 is 11.3 Å². The average molecular weight is 416 g/mol. The Balaban J connectivity index is 1.34. The van der Waals surface area contributed by atoms with Crippen molar-refractivity contribution in [3.63, 3.8) is 0 Å². The molecule has 0 saturated carbocycles. The minimum absolute atomic E-state index is 0.0542. The fourth-order valence-corrected chi connectivity index (χ4v) is 4.85. The molecule has 0 unspecified atom stereocenters. The smallest absolute Gasteiger partial charge is 0.255 e. The second kappa shape index (κ2) is 7.93. The summed E-state index contributed by atoms with van der Waals surface area (Å²) in [7, 11) is 0. The van der Waals surface area contributed by atoms with Crippen LogP contribution < -0.4 is 5.56 Å². The van der Waals surface area contributed by atoms with Crippen LogP contribution in [0, 0.1) is 6.92 Å². The Bertz CT molecular complexity index is 1250. The maximum Gasteiger partial charge on any atom is 0.255 e. The van der Waals surface area contributed by atoms with Crippen LogP contribution in [0.4, 0.5) is 0 Å². The van der Waals surface area contributed by atoms with Crippen LogP contribution in [-0.2, 0) is 19.5 Å². The maximum absolute atomic E-state index is 12.7. The predicted octanol–water partition coefficient (Wildman–Crippen LogP) is 3.82. The van der Waals surface area contributed by atoms with Gasteiger partial charge in [-0.1, -0.05) is 24.3 Å². The van der Waals surface area contributed by atoms with E-state index in [2.05, 4.69) is 38.9 Å². The average Bonchev–Trinajstić information content (AvgIpc) is 3.23. The van der Waals surface area contributed by atoms with E-state index in [1.54, 1.807) is 23.7 Å². The summed E-state index contributed by atoms with van der Waals surface area (Å²) >= 11 is 1.72. The molecule has 1 N–H and O–H groups in total. The first-order valence-electron chi connectivity index (χ1n) is 9.93. The van der Waals surface area contributed by atoms with Crippen LogP contribution in [0.3, 0.4) is 0 Å². The van der Waals surface area contributed by atoms with Gasteiger partial charge in [0.05, 0.1) is 11.3 Å². The second-order valence-corrected chi connectivity index (χ2v) is 8.60. The highest BCUT2D eigenvalue weighted by Crippen LogP contribution is 2.29. The Kier molecular flexibility index (Phi) is 4.98. The first kappa shape index (κ1) is 18.8. The quantitative estimate of drug-likeness (QED) is 0.548. The molecule has 1 aliphatic heterocycles. The molecule has 5 rings (SSSR count). The molecule has 1 aromatic carbocycles. The molecule has 1 aliphatic rings. The number of nitrogens with zero attached hydrogens (tertiary/aromatic N) is 4. The first-order chi connectivity index (χ1) is 14.7. The number of aromatic amines is 1. The molecule has 4 aromatic rings. The van der Waals surface area contributed by atoms with Crippen molar-refractivity contribution in [2.75, 3.05) is 6.54 Å². The Morgan fingerprint density at radius 3 is 2.83 bits per heavy atom. The monoisotopic (exact) mass is 415 g/mol. The van der Waals surface area contributed by atoms with E-state index in [-0.39, 0.29) is 5.56 Å². The van der Waals surface area contributed by atoms with E-state index in [1.807, 2.05) is 30.5 Å². The van der Waals surface area contributed by atoms with Crippen molar-refractivity contribution in [3.8, 4) is 22.0 Å². The van der Waals surface area contributed by atoms with Gasteiger partial charge in [-0.3, -0.25) is 14.7 Å². The summed E-state index contributed by atoms with van der Waals surface area (Å²) in [6, 6.07) is 12.0. The second-order valence-electron chi connectivity index (χ2n) is 7.48. The molecule has 30 heavy (non-hydrogen) atoms. The number of thiazole rings is 1. The molecule has 0 spiro atoms. The van der Waals surface area contributed by atoms with Crippen molar-refractivity contribution in [1.82, 2.24) is 24.8 Å². The number of nitrogens with one attached hydrogen (secondary N) is 1. The summed E-state index contributed by atoms with van der Waals surface area (Å²) in [6.07, 6.45) is 6.13. The number of hydrogen-bond donors (Lipinski definition) is 1. The molecule has 0 bridgehead atoms. The molecule has 4 heterocycles. The lowest BCUT2D eigenvalue weighted by Crippen LogP contribution is -2.35. The van der Waals surface area contributed by atoms with E-state index in [1.165, 1.54) is 16.0 Å². The lowest BCUT2D eigenvalue weighted by molar-refractivity contribution is 0.244. The summed E-state index contributed by atoms with van der Waals surface area (Å²) < 4.78 is 0. The van der Waals surface area contributed by atoms with Gasteiger partial charge in [0, 0.05) is 60.6 Å². The molecule has 0 saturated heterocycles. The summed E-state index contributed by atoms with van der Waals surface area (Å²) in [5, 5.41) is 1.04. The van der Waals surface area contributed by atoms with Gasteiger partial charge >= 0.3 is 0 Å². The van der Waals surface area contributed by atoms with Crippen molar-refractivity contribution in [3.05, 3.63) is 87.0 Å². The van der Waals surface area contributed by atoms with Crippen LogP contribution in [0.1, 0.15) is 21.7 Å². The van der Waals surface area contributed by atoms with Gasteiger partial charge in [-0.2, -0.15) is 0 Å². The van der Waals surface area contributed by atoms with Crippen molar-refractivity contribution in [1.29, 1.82) is 0 Å². The van der Waals surface area contributed by atoms with Crippen LogP contribution >= 0.6 is 11.3 Å². The minimum atomic E-state index is -0.0542. The predicted molar refractivity (Wildman–Crippen MR) is 118 cm³/mol.